The molecule has 0 aliphatic carbocycles. The lowest BCUT2D eigenvalue weighted by molar-refractivity contribution is 0.0526. The van der Waals surface area contributed by atoms with Gasteiger partial charge in [-0.2, -0.15) is 4.98 Å². The summed E-state index contributed by atoms with van der Waals surface area (Å²) < 4.78 is 29.1. The number of hydrogen-bond acceptors (Lipinski definition) is 9. The molecule has 0 saturated heterocycles. The van der Waals surface area contributed by atoms with Crippen LogP contribution in [0.15, 0.2) is 65.7 Å². The summed E-state index contributed by atoms with van der Waals surface area (Å²) in [6.07, 6.45) is 1.34. The number of ether oxygens (including phenoxy) is 1. The van der Waals surface area contributed by atoms with Crippen LogP contribution in [0.2, 0.25) is 0 Å². The van der Waals surface area contributed by atoms with Crippen molar-refractivity contribution in [1.82, 2.24) is 9.97 Å². The van der Waals surface area contributed by atoms with E-state index in [4.69, 9.17) is 4.74 Å². The van der Waals surface area contributed by atoms with E-state index in [1.165, 1.54) is 18.3 Å². The first kappa shape index (κ1) is 24.1. The standard InChI is InChI=1S/C23H26N4O5S/c1-3-32-22(29)19-14-24-23(25-17-10-12-18(13-11-17)33(30,31)4-2)27-21(19)26-20(15-28)16-8-6-5-7-9-16/h5-14,20,28H,3-4,15H2,1-2H3,(H2,24,25,26,27)/t20-/m1/s1. The number of nitrogens with zero attached hydrogens (tertiary/aromatic N) is 2. The molecule has 0 spiro atoms. The van der Waals surface area contributed by atoms with Crippen molar-refractivity contribution in [3.63, 3.8) is 0 Å². The zero-order valence-corrected chi connectivity index (χ0v) is 19.2. The maximum absolute atomic E-state index is 12.4. The highest BCUT2D eigenvalue weighted by Crippen LogP contribution is 2.24. The SMILES string of the molecule is CCOC(=O)c1cnc(Nc2ccc(S(=O)(=O)CC)cc2)nc1N[C@H](CO)c1ccccc1. The van der Waals surface area contributed by atoms with E-state index in [0.29, 0.717) is 5.69 Å². The second kappa shape index (κ2) is 10.9. The second-order valence-electron chi connectivity index (χ2n) is 7.02. The summed E-state index contributed by atoms with van der Waals surface area (Å²) in [6, 6.07) is 15.0. The fraction of sp³-hybridized carbons (Fsp3) is 0.261. The lowest BCUT2D eigenvalue weighted by Crippen LogP contribution is -2.19. The number of anilines is 3. The van der Waals surface area contributed by atoms with Crippen molar-refractivity contribution in [3.05, 3.63) is 71.9 Å². The van der Waals surface area contributed by atoms with Crippen molar-refractivity contribution in [2.24, 2.45) is 0 Å². The van der Waals surface area contributed by atoms with Crippen molar-refractivity contribution in [3.8, 4) is 0 Å². The van der Waals surface area contributed by atoms with Crippen LogP contribution in [0.1, 0.15) is 35.8 Å². The van der Waals surface area contributed by atoms with Gasteiger partial charge in [0.15, 0.2) is 9.84 Å². The molecule has 0 aliphatic heterocycles. The molecule has 0 fully saturated rings. The number of sulfone groups is 1. The normalized spacial score (nSPS) is 12.1. The Morgan fingerprint density at radius 2 is 1.79 bits per heavy atom. The summed E-state index contributed by atoms with van der Waals surface area (Å²) in [6.45, 7) is 3.24. The molecule has 0 saturated carbocycles. The highest BCUT2D eigenvalue weighted by atomic mass is 32.2. The molecule has 0 bridgehead atoms. The number of nitrogens with one attached hydrogen (secondary N) is 2. The Morgan fingerprint density at radius 1 is 1.09 bits per heavy atom. The van der Waals surface area contributed by atoms with Crippen molar-refractivity contribution in [1.29, 1.82) is 0 Å². The van der Waals surface area contributed by atoms with Crippen molar-refractivity contribution < 1.29 is 23.1 Å². The van der Waals surface area contributed by atoms with Gasteiger partial charge < -0.3 is 20.5 Å². The van der Waals surface area contributed by atoms with E-state index in [9.17, 15) is 18.3 Å². The Labute approximate surface area is 192 Å². The number of carbonyl (C=O) groups is 1. The van der Waals surface area contributed by atoms with Crippen LogP contribution in [-0.2, 0) is 14.6 Å². The number of benzene rings is 2. The molecule has 0 radical (unpaired) electrons. The Kier molecular flexibility index (Phi) is 7.96. The lowest BCUT2D eigenvalue weighted by atomic mass is 10.1. The average molecular weight is 471 g/mol. The smallest absolute Gasteiger partial charge is 0.343 e. The number of aliphatic hydroxyl groups is 1. The summed E-state index contributed by atoms with van der Waals surface area (Å²) in [5, 5.41) is 16.0. The van der Waals surface area contributed by atoms with Crippen LogP contribution in [-0.4, -0.2) is 48.4 Å². The Morgan fingerprint density at radius 3 is 2.39 bits per heavy atom. The van der Waals surface area contributed by atoms with Gasteiger partial charge in [-0.3, -0.25) is 0 Å². The summed E-state index contributed by atoms with van der Waals surface area (Å²) in [5.41, 5.74) is 1.51. The average Bonchev–Trinajstić information content (AvgIpc) is 2.83. The van der Waals surface area contributed by atoms with Crippen LogP contribution in [0.5, 0.6) is 0 Å². The monoisotopic (exact) mass is 470 g/mol. The molecule has 2 aromatic carbocycles. The molecule has 3 aromatic rings. The molecule has 1 aromatic heterocycles. The number of rotatable bonds is 10. The predicted molar refractivity (Wildman–Crippen MR) is 125 cm³/mol. The van der Waals surface area contributed by atoms with E-state index in [1.54, 1.807) is 26.0 Å². The predicted octanol–water partition coefficient (Wildman–Crippen LogP) is 3.34. The molecule has 10 heteroatoms. The fourth-order valence-electron chi connectivity index (χ4n) is 3.04. The number of hydrogen-bond donors (Lipinski definition) is 3. The minimum Gasteiger partial charge on any atom is -0.462 e. The number of aromatic nitrogens is 2. The third-order valence-corrected chi connectivity index (χ3v) is 6.58. The van der Waals surface area contributed by atoms with Gasteiger partial charge in [0.1, 0.15) is 11.4 Å². The molecule has 3 N–H and O–H groups in total. The maximum atomic E-state index is 12.4. The topological polar surface area (TPSA) is 131 Å². The molecule has 9 nitrogen and oxygen atoms in total. The van der Waals surface area contributed by atoms with Crippen molar-refractivity contribution in [2.45, 2.75) is 24.8 Å². The highest BCUT2D eigenvalue weighted by molar-refractivity contribution is 7.91. The first-order valence-corrected chi connectivity index (χ1v) is 12.1. The Bertz CT molecular complexity index is 1190. The van der Waals surface area contributed by atoms with E-state index >= 15 is 0 Å². The van der Waals surface area contributed by atoms with Gasteiger partial charge in [0.05, 0.1) is 29.9 Å². The van der Waals surface area contributed by atoms with E-state index in [1.807, 2.05) is 30.3 Å². The summed E-state index contributed by atoms with van der Waals surface area (Å²) >= 11 is 0. The van der Waals surface area contributed by atoms with Gasteiger partial charge >= 0.3 is 5.97 Å². The molecule has 174 valence electrons. The zero-order valence-electron chi connectivity index (χ0n) is 18.4. The lowest BCUT2D eigenvalue weighted by Gasteiger charge is -2.19. The van der Waals surface area contributed by atoms with Crippen molar-refractivity contribution in [2.75, 3.05) is 29.6 Å². The van der Waals surface area contributed by atoms with Crippen LogP contribution < -0.4 is 10.6 Å². The van der Waals surface area contributed by atoms with Gasteiger partial charge in [-0.1, -0.05) is 37.3 Å². The van der Waals surface area contributed by atoms with Gasteiger partial charge in [-0.25, -0.2) is 18.2 Å². The first-order chi connectivity index (χ1) is 15.9. The third kappa shape index (κ3) is 6.05. The summed E-state index contributed by atoms with van der Waals surface area (Å²) in [7, 11) is -3.30. The quantitative estimate of drug-likeness (QED) is 0.382. The largest absolute Gasteiger partial charge is 0.462 e. The third-order valence-electron chi connectivity index (χ3n) is 4.83. The van der Waals surface area contributed by atoms with Gasteiger partial charge in [-0.05, 0) is 36.8 Å². The number of esters is 1. The minimum atomic E-state index is -3.30. The van der Waals surface area contributed by atoms with Crippen LogP contribution in [0, 0.1) is 0 Å². The van der Waals surface area contributed by atoms with Crippen molar-refractivity contribution >= 4 is 33.3 Å². The minimum absolute atomic E-state index is 0.0146. The molecule has 0 amide bonds. The van der Waals surface area contributed by atoms with E-state index in [2.05, 4.69) is 20.6 Å². The Balaban J connectivity index is 1.90. The van der Waals surface area contributed by atoms with Crippen LogP contribution in [0.25, 0.3) is 0 Å². The van der Waals surface area contributed by atoms with E-state index in [-0.39, 0.29) is 41.2 Å². The first-order valence-electron chi connectivity index (χ1n) is 10.4. The van der Waals surface area contributed by atoms with Gasteiger partial charge in [0, 0.05) is 11.9 Å². The molecule has 1 atom stereocenters. The second-order valence-corrected chi connectivity index (χ2v) is 9.30. The molecule has 0 aliphatic rings. The molecular weight excluding hydrogens is 444 g/mol. The van der Waals surface area contributed by atoms with Gasteiger partial charge in [0.25, 0.3) is 0 Å². The van der Waals surface area contributed by atoms with E-state index < -0.39 is 21.8 Å². The molecule has 3 rings (SSSR count). The van der Waals surface area contributed by atoms with Crippen LogP contribution in [0.4, 0.5) is 17.5 Å². The molecule has 0 unspecified atom stereocenters. The Hall–Kier alpha value is -3.50. The zero-order chi connectivity index (χ0) is 23.8. The molecule has 33 heavy (non-hydrogen) atoms. The highest BCUT2D eigenvalue weighted by Gasteiger charge is 2.20. The number of aliphatic hydroxyl groups excluding tert-OH is 1. The van der Waals surface area contributed by atoms with Crippen LogP contribution >= 0.6 is 0 Å². The summed E-state index contributed by atoms with van der Waals surface area (Å²) in [5.74, 6) is -0.202. The molecule has 1 heterocycles. The fourth-order valence-corrected chi connectivity index (χ4v) is 3.92. The van der Waals surface area contributed by atoms with E-state index in [0.717, 1.165) is 5.56 Å². The van der Waals surface area contributed by atoms with Gasteiger partial charge in [-0.15, -0.1) is 0 Å². The number of carbonyl (C=O) groups excluding carboxylic acids is 1. The van der Waals surface area contributed by atoms with Gasteiger partial charge in [0.2, 0.25) is 5.95 Å². The molecular formula is C23H26N4O5S. The maximum Gasteiger partial charge on any atom is 0.343 e. The summed E-state index contributed by atoms with van der Waals surface area (Å²) in [4.78, 5) is 21.2. The van der Waals surface area contributed by atoms with Crippen LogP contribution in [0.3, 0.4) is 0 Å².